The largest absolute Gasteiger partial charge is 0.364 e. The van der Waals surface area contributed by atoms with Gasteiger partial charge in [0.2, 0.25) is 5.82 Å². The van der Waals surface area contributed by atoms with Gasteiger partial charge in [-0.3, -0.25) is 14.7 Å². The molecule has 1 aromatic carbocycles. The number of pyridine rings is 1. The van der Waals surface area contributed by atoms with Crippen LogP contribution in [0.15, 0.2) is 42.6 Å². The summed E-state index contributed by atoms with van der Waals surface area (Å²) in [6, 6.07) is 9.45. The van der Waals surface area contributed by atoms with E-state index >= 15 is 0 Å². The second-order valence-electron chi connectivity index (χ2n) is 5.52. The summed E-state index contributed by atoms with van der Waals surface area (Å²) in [5.74, 6) is -0.107. The Bertz CT molecular complexity index is 912. The zero-order valence-corrected chi connectivity index (χ0v) is 13.3. The number of aromatic nitrogens is 3. The molecular weight excluding hydrogens is 332 g/mol. The van der Waals surface area contributed by atoms with Gasteiger partial charge in [-0.05, 0) is 18.2 Å². The monoisotopic (exact) mass is 347 g/mol. The van der Waals surface area contributed by atoms with Crippen LogP contribution in [-0.4, -0.2) is 26.0 Å². The molecule has 0 saturated carbocycles. The molecule has 0 aliphatic heterocycles. The maximum absolute atomic E-state index is 13.5. The molecule has 3 rings (SSSR count). The van der Waals surface area contributed by atoms with Crippen LogP contribution in [0.1, 0.15) is 25.2 Å². The molecule has 0 radical (unpaired) electrons. The van der Waals surface area contributed by atoms with Gasteiger partial charge in [0, 0.05) is 24.7 Å². The van der Waals surface area contributed by atoms with E-state index < -0.39 is 17.4 Å². The van der Waals surface area contributed by atoms with Crippen LogP contribution in [-0.2, 0) is 0 Å². The normalized spacial score (nSPS) is 12.5. The number of imidazole rings is 1. The second kappa shape index (κ2) is 6.80. The Hall–Kier alpha value is -3.10. The van der Waals surface area contributed by atoms with E-state index in [4.69, 9.17) is 0 Å². The number of fused-ring (bicyclic) bond motifs is 1. The molecule has 9 heteroatoms. The highest BCUT2D eigenvalue weighted by Gasteiger charge is 2.22. The van der Waals surface area contributed by atoms with Gasteiger partial charge in [0.1, 0.15) is 5.82 Å². The summed E-state index contributed by atoms with van der Waals surface area (Å²) in [6.07, 6.45) is 1.42. The van der Waals surface area contributed by atoms with Crippen LogP contribution >= 0.6 is 0 Å². The fraction of sp³-hybridized carbons (Fsp3) is 0.250. The van der Waals surface area contributed by atoms with E-state index in [1.54, 1.807) is 31.2 Å². The first-order valence-corrected chi connectivity index (χ1v) is 7.57. The van der Waals surface area contributed by atoms with Gasteiger partial charge in [0.05, 0.1) is 16.0 Å². The number of benzene rings is 1. The average Bonchev–Trinajstić information content (AvgIpc) is 2.99. The van der Waals surface area contributed by atoms with E-state index in [0.717, 1.165) is 4.57 Å². The van der Waals surface area contributed by atoms with E-state index in [0.29, 0.717) is 11.0 Å². The smallest absolute Gasteiger partial charge is 0.320 e. The topological polar surface area (TPSA) is 85.9 Å². The third-order valence-corrected chi connectivity index (χ3v) is 3.82. The Morgan fingerprint density at radius 3 is 2.76 bits per heavy atom. The lowest BCUT2D eigenvalue weighted by Gasteiger charge is -2.15. The number of alkyl halides is 2. The van der Waals surface area contributed by atoms with Gasteiger partial charge in [-0.25, -0.2) is 9.97 Å². The molecule has 0 amide bonds. The van der Waals surface area contributed by atoms with Crippen LogP contribution in [0.3, 0.4) is 0 Å². The van der Waals surface area contributed by atoms with Crippen LogP contribution in [0.4, 0.5) is 20.3 Å². The maximum Gasteiger partial charge on any atom is 0.320 e. The number of nitrogens with one attached hydrogen (secondary N) is 1. The molecule has 2 heterocycles. The predicted molar refractivity (Wildman–Crippen MR) is 88.8 cm³/mol. The lowest BCUT2D eigenvalue weighted by atomic mass is 10.1. The van der Waals surface area contributed by atoms with E-state index in [-0.39, 0.29) is 23.9 Å². The number of para-hydroxylation sites is 2. The lowest BCUT2D eigenvalue weighted by molar-refractivity contribution is -0.384. The van der Waals surface area contributed by atoms with Crippen molar-refractivity contribution in [3.05, 3.63) is 58.5 Å². The molecule has 7 nitrogen and oxygen atoms in total. The summed E-state index contributed by atoms with van der Waals surface area (Å²) in [5, 5.41) is 13.9. The van der Waals surface area contributed by atoms with Crippen molar-refractivity contribution in [2.45, 2.75) is 19.4 Å². The van der Waals surface area contributed by atoms with Gasteiger partial charge >= 0.3 is 12.2 Å². The van der Waals surface area contributed by atoms with E-state index in [1.807, 2.05) is 0 Å². The summed E-state index contributed by atoms with van der Waals surface area (Å²) in [6.45, 7) is -0.829. The molecule has 1 N–H and O–H groups in total. The Labute approximate surface area is 141 Å². The highest BCUT2D eigenvalue weighted by Crippen LogP contribution is 2.28. The first kappa shape index (κ1) is 16.7. The van der Waals surface area contributed by atoms with Gasteiger partial charge < -0.3 is 5.32 Å². The molecule has 1 unspecified atom stereocenters. The molecule has 25 heavy (non-hydrogen) atoms. The van der Waals surface area contributed by atoms with Crippen molar-refractivity contribution in [1.29, 1.82) is 0 Å². The summed E-state index contributed by atoms with van der Waals surface area (Å²) >= 11 is 0. The Kier molecular flexibility index (Phi) is 4.55. The lowest BCUT2D eigenvalue weighted by Crippen LogP contribution is -2.16. The predicted octanol–water partition coefficient (Wildman–Crippen LogP) is 3.95. The highest BCUT2D eigenvalue weighted by molar-refractivity contribution is 5.76. The molecule has 0 spiro atoms. The number of halogens is 2. The molecular formula is C16H15F2N5O2. The molecule has 0 aliphatic rings. The first-order chi connectivity index (χ1) is 12.0. The number of anilines is 1. The third-order valence-electron chi connectivity index (χ3n) is 3.82. The Morgan fingerprint density at radius 1 is 1.28 bits per heavy atom. The standard InChI is InChI=1S/C16H15F2N5O2/c1-10(9-20-14-13(23(24)25)7-4-8-19-14)15-21-11-5-2-3-6-12(11)22(15)16(17)18/h2-8,10,16H,9H2,1H3,(H,19,20). The maximum atomic E-state index is 13.5. The second-order valence-corrected chi connectivity index (χ2v) is 5.52. The van der Waals surface area contributed by atoms with E-state index in [2.05, 4.69) is 15.3 Å². The van der Waals surface area contributed by atoms with Crippen molar-refractivity contribution in [3.8, 4) is 0 Å². The minimum Gasteiger partial charge on any atom is -0.364 e. The molecule has 130 valence electrons. The molecule has 3 aromatic rings. The Balaban J connectivity index is 1.87. The van der Waals surface area contributed by atoms with Crippen LogP contribution in [0.2, 0.25) is 0 Å². The summed E-state index contributed by atoms with van der Waals surface area (Å²) in [7, 11) is 0. The van der Waals surface area contributed by atoms with Crippen LogP contribution in [0, 0.1) is 10.1 Å². The fourth-order valence-corrected chi connectivity index (χ4v) is 2.64. The van der Waals surface area contributed by atoms with Crippen molar-refractivity contribution in [1.82, 2.24) is 14.5 Å². The van der Waals surface area contributed by atoms with E-state index in [9.17, 15) is 18.9 Å². The highest BCUT2D eigenvalue weighted by atomic mass is 19.3. The summed E-state index contributed by atoms with van der Waals surface area (Å²) in [5.41, 5.74) is 0.661. The fourth-order valence-electron chi connectivity index (χ4n) is 2.64. The van der Waals surface area contributed by atoms with Crippen molar-refractivity contribution in [2.75, 3.05) is 11.9 Å². The molecule has 0 aliphatic carbocycles. The van der Waals surface area contributed by atoms with Gasteiger partial charge in [-0.2, -0.15) is 8.78 Å². The number of hydrogen-bond donors (Lipinski definition) is 1. The molecule has 1 atom stereocenters. The van der Waals surface area contributed by atoms with Crippen molar-refractivity contribution in [3.63, 3.8) is 0 Å². The minimum absolute atomic E-state index is 0.0964. The molecule has 0 fully saturated rings. The quantitative estimate of drug-likeness (QED) is 0.539. The number of hydrogen-bond acceptors (Lipinski definition) is 5. The Morgan fingerprint density at radius 2 is 2.04 bits per heavy atom. The van der Waals surface area contributed by atoms with Gasteiger partial charge in [-0.1, -0.05) is 19.1 Å². The average molecular weight is 347 g/mol. The van der Waals surface area contributed by atoms with Crippen molar-refractivity contribution < 1.29 is 13.7 Å². The van der Waals surface area contributed by atoms with E-state index in [1.165, 1.54) is 18.3 Å². The summed E-state index contributed by atoms with van der Waals surface area (Å²) < 4.78 is 27.9. The van der Waals surface area contributed by atoms with Crippen LogP contribution in [0.25, 0.3) is 11.0 Å². The SMILES string of the molecule is CC(CNc1ncccc1[N+](=O)[O-])c1nc2ccccc2n1C(F)F. The van der Waals surface area contributed by atoms with Crippen LogP contribution in [0.5, 0.6) is 0 Å². The summed E-state index contributed by atoms with van der Waals surface area (Å²) in [4.78, 5) is 18.7. The van der Waals surface area contributed by atoms with Gasteiger partial charge in [0.25, 0.3) is 0 Å². The zero-order chi connectivity index (χ0) is 18.0. The molecule has 0 saturated heterocycles. The van der Waals surface area contributed by atoms with Crippen molar-refractivity contribution in [2.24, 2.45) is 0 Å². The van der Waals surface area contributed by atoms with Gasteiger partial charge in [0.15, 0.2) is 0 Å². The first-order valence-electron chi connectivity index (χ1n) is 7.57. The van der Waals surface area contributed by atoms with Crippen molar-refractivity contribution >= 4 is 22.5 Å². The number of rotatable bonds is 6. The van der Waals surface area contributed by atoms with Crippen LogP contribution < -0.4 is 5.32 Å². The molecule has 2 aromatic heterocycles. The number of nitrogens with zero attached hydrogens (tertiary/aromatic N) is 4. The third kappa shape index (κ3) is 3.25. The molecule has 0 bridgehead atoms. The number of nitro groups is 1. The minimum atomic E-state index is -2.73. The van der Waals surface area contributed by atoms with Gasteiger partial charge in [-0.15, -0.1) is 0 Å². The zero-order valence-electron chi connectivity index (χ0n) is 13.3.